The zero-order valence-corrected chi connectivity index (χ0v) is 11.8. The molecule has 2 aromatic rings. The van der Waals surface area contributed by atoms with E-state index in [0.29, 0.717) is 12.2 Å². The summed E-state index contributed by atoms with van der Waals surface area (Å²) in [7, 11) is 0. The number of ether oxygens (including phenoxy) is 1. The summed E-state index contributed by atoms with van der Waals surface area (Å²) in [6, 6.07) is 10.9. The van der Waals surface area contributed by atoms with Gasteiger partial charge in [-0.3, -0.25) is 9.78 Å². The molecule has 21 heavy (non-hydrogen) atoms. The molecule has 1 aromatic carbocycles. The lowest BCUT2D eigenvalue weighted by Crippen LogP contribution is -2.17. The maximum absolute atomic E-state index is 11.8. The Morgan fingerprint density at radius 3 is 3.05 bits per heavy atom. The van der Waals surface area contributed by atoms with Crippen molar-refractivity contribution in [3.8, 4) is 5.75 Å². The minimum absolute atomic E-state index is 0.294. The van der Waals surface area contributed by atoms with Gasteiger partial charge in [-0.15, -0.1) is 0 Å². The largest absolute Gasteiger partial charge is 0.494 e. The first-order chi connectivity index (χ1) is 10.3. The van der Waals surface area contributed by atoms with Crippen LogP contribution in [0.5, 0.6) is 5.75 Å². The predicted octanol–water partition coefficient (Wildman–Crippen LogP) is 2.63. The molecule has 0 saturated heterocycles. The zero-order chi connectivity index (χ0) is 14.9. The fraction of sp³-hybridized carbons (Fsp3) is 0.188. The second kappa shape index (κ2) is 7.79. The van der Waals surface area contributed by atoms with Crippen molar-refractivity contribution in [2.45, 2.75) is 13.3 Å². The third kappa shape index (κ3) is 4.72. The summed E-state index contributed by atoms with van der Waals surface area (Å²) in [4.78, 5) is 15.6. The van der Waals surface area contributed by atoms with E-state index in [1.54, 1.807) is 24.5 Å². The van der Waals surface area contributed by atoms with Crippen LogP contribution >= 0.6 is 0 Å². The van der Waals surface area contributed by atoms with E-state index in [2.05, 4.69) is 22.4 Å². The van der Waals surface area contributed by atoms with Crippen LogP contribution in [0.1, 0.15) is 29.3 Å². The Kier molecular flexibility index (Phi) is 5.46. The Balaban J connectivity index is 1.93. The molecule has 1 N–H and O–H groups in total. The van der Waals surface area contributed by atoms with Crippen LogP contribution in [0.25, 0.3) is 0 Å². The van der Waals surface area contributed by atoms with Crippen LogP contribution in [-0.2, 0) is 0 Å². The van der Waals surface area contributed by atoms with Crippen LogP contribution in [-0.4, -0.2) is 23.7 Å². The molecule has 5 heteroatoms. The van der Waals surface area contributed by atoms with Crippen molar-refractivity contribution in [3.63, 3.8) is 0 Å². The highest BCUT2D eigenvalue weighted by Gasteiger charge is 2.02. The molecule has 5 nitrogen and oxygen atoms in total. The molecule has 0 unspecified atom stereocenters. The lowest BCUT2D eigenvalue weighted by molar-refractivity contribution is 0.0955. The summed E-state index contributed by atoms with van der Waals surface area (Å²) < 4.78 is 5.54. The molecule has 0 bridgehead atoms. The number of benzene rings is 1. The molecule has 0 spiro atoms. The molecule has 0 atom stereocenters. The van der Waals surface area contributed by atoms with Crippen molar-refractivity contribution in [1.29, 1.82) is 0 Å². The number of pyridine rings is 1. The Labute approximate surface area is 123 Å². The fourth-order valence-corrected chi connectivity index (χ4v) is 1.63. The molecule has 2 rings (SSSR count). The number of hydrogen-bond donors (Lipinski definition) is 1. The van der Waals surface area contributed by atoms with Crippen LogP contribution < -0.4 is 10.2 Å². The number of carbonyl (C=O) groups is 1. The van der Waals surface area contributed by atoms with Gasteiger partial charge in [0.2, 0.25) is 0 Å². The topological polar surface area (TPSA) is 63.6 Å². The van der Waals surface area contributed by atoms with Gasteiger partial charge < -0.3 is 4.74 Å². The van der Waals surface area contributed by atoms with E-state index in [0.717, 1.165) is 17.7 Å². The molecular formula is C16H17N3O2. The lowest BCUT2D eigenvalue weighted by Gasteiger charge is -2.04. The first-order valence-corrected chi connectivity index (χ1v) is 6.76. The summed E-state index contributed by atoms with van der Waals surface area (Å²) in [5.74, 6) is 0.497. The highest BCUT2D eigenvalue weighted by molar-refractivity contribution is 5.94. The Hall–Kier alpha value is -2.69. The van der Waals surface area contributed by atoms with E-state index in [4.69, 9.17) is 4.74 Å². The van der Waals surface area contributed by atoms with Gasteiger partial charge in [0.15, 0.2) is 0 Å². The van der Waals surface area contributed by atoms with Gasteiger partial charge in [0.25, 0.3) is 5.91 Å². The third-order valence-corrected chi connectivity index (χ3v) is 2.63. The molecule has 1 heterocycles. The fourth-order valence-electron chi connectivity index (χ4n) is 1.63. The molecule has 0 fully saturated rings. The van der Waals surface area contributed by atoms with Crippen LogP contribution in [0, 0.1) is 0 Å². The molecule has 0 aliphatic rings. The van der Waals surface area contributed by atoms with E-state index in [-0.39, 0.29) is 5.91 Å². The molecule has 108 valence electrons. The Morgan fingerprint density at radius 2 is 2.29 bits per heavy atom. The summed E-state index contributed by atoms with van der Waals surface area (Å²) in [5.41, 5.74) is 3.78. The van der Waals surface area contributed by atoms with E-state index < -0.39 is 0 Å². The molecule has 0 aliphatic carbocycles. The number of aromatic nitrogens is 1. The number of hydrazone groups is 1. The summed E-state index contributed by atoms with van der Waals surface area (Å²) in [5, 5.41) is 3.93. The summed E-state index contributed by atoms with van der Waals surface area (Å²) >= 11 is 0. The van der Waals surface area contributed by atoms with E-state index >= 15 is 0 Å². The number of rotatable bonds is 6. The van der Waals surface area contributed by atoms with E-state index in [9.17, 15) is 4.79 Å². The summed E-state index contributed by atoms with van der Waals surface area (Å²) in [6.45, 7) is 2.73. The average molecular weight is 283 g/mol. The molecule has 0 radical (unpaired) electrons. The SMILES string of the molecule is CCCOc1cccc(C=NNC(=O)c2cccnc2)c1. The maximum Gasteiger partial charge on any atom is 0.272 e. The van der Waals surface area contributed by atoms with Crippen LogP contribution in [0.4, 0.5) is 0 Å². The first kappa shape index (κ1) is 14.7. The average Bonchev–Trinajstić information content (AvgIpc) is 2.54. The highest BCUT2D eigenvalue weighted by Crippen LogP contribution is 2.12. The van der Waals surface area contributed by atoms with Gasteiger partial charge in [-0.05, 0) is 36.2 Å². The van der Waals surface area contributed by atoms with Crippen LogP contribution in [0.3, 0.4) is 0 Å². The quantitative estimate of drug-likeness (QED) is 0.654. The van der Waals surface area contributed by atoms with Gasteiger partial charge in [0.05, 0.1) is 18.4 Å². The second-order valence-electron chi connectivity index (χ2n) is 4.36. The van der Waals surface area contributed by atoms with Gasteiger partial charge in [-0.2, -0.15) is 5.10 Å². The summed E-state index contributed by atoms with van der Waals surface area (Å²) in [6.07, 6.45) is 5.64. The highest BCUT2D eigenvalue weighted by atomic mass is 16.5. The Bertz CT molecular complexity index is 612. The maximum atomic E-state index is 11.8. The van der Waals surface area contributed by atoms with Gasteiger partial charge in [0, 0.05) is 12.4 Å². The van der Waals surface area contributed by atoms with Crippen molar-refractivity contribution in [1.82, 2.24) is 10.4 Å². The van der Waals surface area contributed by atoms with E-state index in [1.807, 2.05) is 24.3 Å². The molecule has 0 aliphatic heterocycles. The molecule has 1 amide bonds. The zero-order valence-electron chi connectivity index (χ0n) is 11.8. The van der Waals surface area contributed by atoms with Gasteiger partial charge in [-0.1, -0.05) is 19.1 Å². The number of nitrogens with one attached hydrogen (secondary N) is 1. The molecule has 1 aromatic heterocycles. The van der Waals surface area contributed by atoms with E-state index in [1.165, 1.54) is 6.20 Å². The number of nitrogens with zero attached hydrogens (tertiary/aromatic N) is 2. The Morgan fingerprint density at radius 1 is 1.38 bits per heavy atom. The molecule has 0 saturated carbocycles. The second-order valence-corrected chi connectivity index (χ2v) is 4.36. The number of hydrogen-bond acceptors (Lipinski definition) is 4. The normalized spacial score (nSPS) is 10.5. The predicted molar refractivity (Wildman–Crippen MR) is 81.5 cm³/mol. The van der Waals surface area contributed by atoms with Gasteiger partial charge in [-0.25, -0.2) is 5.43 Å². The third-order valence-electron chi connectivity index (χ3n) is 2.63. The minimum Gasteiger partial charge on any atom is -0.494 e. The molecular weight excluding hydrogens is 266 g/mol. The van der Waals surface area contributed by atoms with Crippen LogP contribution in [0.15, 0.2) is 53.9 Å². The lowest BCUT2D eigenvalue weighted by atomic mass is 10.2. The number of carbonyl (C=O) groups excluding carboxylic acids is 1. The van der Waals surface area contributed by atoms with Crippen molar-refractivity contribution in [2.75, 3.05) is 6.61 Å². The van der Waals surface area contributed by atoms with Crippen molar-refractivity contribution in [2.24, 2.45) is 5.10 Å². The standard InChI is InChI=1S/C16H17N3O2/c1-2-9-21-15-7-3-5-13(10-15)11-18-19-16(20)14-6-4-8-17-12-14/h3-8,10-12H,2,9H2,1H3,(H,19,20). The van der Waals surface area contributed by atoms with Crippen LogP contribution in [0.2, 0.25) is 0 Å². The van der Waals surface area contributed by atoms with Crippen molar-refractivity contribution in [3.05, 3.63) is 59.9 Å². The first-order valence-electron chi connectivity index (χ1n) is 6.76. The minimum atomic E-state index is -0.294. The van der Waals surface area contributed by atoms with Gasteiger partial charge >= 0.3 is 0 Å². The smallest absolute Gasteiger partial charge is 0.272 e. The number of amides is 1. The van der Waals surface area contributed by atoms with Crippen molar-refractivity contribution < 1.29 is 9.53 Å². The van der Waals surface area contributed by atoms with Crippen molar-refractivity contribution >= 4 is 12.1 Å². The van der Waals surface area contributed by atoms with Gasteiger partial charge in [0.1, 0.15) is 5.75 Å². The monoisotopic (exact) mass is 283 g/mol.